The molecule has 0 bridgehead atoms. The minimum atomic E-state index is -3.38. The van der Waals surface area contributed by atoms with Gasteiger partial charge in [-0.25, -0.2) is 18.4 Å². The Morgan fingerprint density at radius 2 is 2.18 bits per heavy atom. The van der Waals surface area contributed by atoms with Gasteiger partial charge in [0.05, 0.1) is 5.75 Å². The highest BCUT2D eigenvalue weighted by Gasteiger charge is 2.13. The maximum absolute atomic E-state index is 11.5. The maximum Gasteiger partial charge on any atom is 0.253 e. The number of nitrogens with zero attached hydrogens (tertiary/aromatic N) is 4. The molecule has 2 aromatic rings. The van der Waals surface area contributed by atoms with Crippen molar-refractivity contribution < 1.29 is 8.42 Å². The molecule has 0 aliphatic carbocycles. The molecular formula is C9H11N5O2S. The van der Waals surface area contributed by atoms with E-state index in [2.05, 4.69) is 15.1 Å². The van der Waals surface area contributed by atoms with Crippen LogP contribution in [-0.2, 0) is 10.0 Å². The van der Waals surface area contributed by atoms with Gasteiger partial charge >= 0.3 is 0 Å². The highest BCUT2D eigenvalue weighted by Crippen LogP contribution is 2.13. The molecule has 2 rings (SSSR count). The van der Waals surface area contributed by atoms with Gasteiger partial charge in [-0.2, -0.15) is 9.19 Å². The molecule has 8 heteroatoms. The molecular weight excluding hydrogens is 242 g/mol. The van der Waals surface area contributed by atoms with Gasteiger partial charge in [-0.1, -0.05) is 0 Å². The lowest BCUT2D eigenvalue weighted by atomic mass is 10.4. The molecule has 0 fully saturated rings. The lowest BCUT2D eigenvalue weighted by molar-refractivity contribution is 0.581. The lowest BCUT2D eigenvalue weighted by Crippen LogP contribution is -2.15. The normalized spacial score (nSPS) is 11.6. The number of nitrogen functional groups attached to an aromatic ring is 1. The van der Waals surface area contributed by atoms with E-state index >= 15 is 0 Å². The highest BCUT2D eigenvalue weighted by atomic mass is 32.2. The van der Waals surface area contributed by atoms with Gasteiger partial charge in [0.1, 0.15) is 11.5 Å². The van der Waals surface area contributed by atoms with Crippen molar-refractivity contribution in [2.24, 2.45) is 0 Å². The number of hydrogen-bond donors (Lipinski definition) is 1. The number of aromatic nitrogens is 4. The van der Waals surface area contributed by atoms with Gasteiger partial charge in [-0.3, -0.25) is 0 Å². The zero-order chi connectivity index (χ0) is 12.5. The summed E-state index contributed by atoms with van der Waals surface area (Å²) in [5.41, 5.74) is 5.88. The number of hydrogen-bond acceptors (Lipinski definition) is 6. The second-order valence-electron chi connectivity index (χ2n) is 3.28. The Morgan fingerprint density at radius 3 is 2.82 bits per heavy atom. The van der Waals surface area contributed by atoms with E-state index in [1.807, 2.05) is 0 Å². The first-order valence-corrected chi connectivity index (χ1v) is 6.51. The summed E-state index contributed by atoms with van der Waals surface area (Å²) >= 11 is 0. The van der Waals surface area contributed by atoms with Crippen LogP contribution in [0.25, 0.3) is 11.5 Å². The Morgan fingerprint density at radius 1 is 1.41 bits per heavy atom. The van der Waals surface area contributed by atoms with E-state index in [0.29, 0.717) is 17.3 Å². The van der Waals surface area contributed by atoms with Gasteiger partial charge in [0.15, 0.2) is 5.82 Å². The average Bonchev–Trinajstić information content (AvgIpc) is 2.79. The third-order valence-electron chi connectivity index (χ3n) is 2.12. The van der Waals surface area contributed by atoms with Crippen molar-refractivity contribution >= 4 is 15.8 Å². The first-order chi connectivity index (χ1) is 8.03. The van der Waals surface area contributed by atoms with E-state index in [1.54, 1.807) is 13.0 Å². The standard InChI is InChI=1S/C9H11N5O2S/c1-2-17(15,16)14-6-4-7(13-14)9-11-5-3-8(10)12-9/h3-6H,2H2,1H3,(H2,10,11,12). The topological polar surface area (TPSA) is 104 Å². The SMILES string of the molecule is CCS(=O)(=O)n1ccc(-c2nccc(N)n2)n1. The van der Waals surface area contributed by atoms with Crippen molar-refractivity contribution in [3.8, 4) is 11.5 Å². The molecule has 0 atom stereocenters. The smallest absolute Gasteiger partial charge is 0.253 e. The Labute approximate surface area is 98.4 Å². The van der Waals surface area contributed by atoms with E-state index in [1.165, 1.54) is 18.5 Å². The minimum absolute atomic E-state index is 0.0219. The summed E-state index contributed by atoms with van der Waals surface area (Å²) in [7, 11) is -3.38. The molecule has 2 N–H and O–H groups in total. The van der Waals surface area contributed by atoms with Crippen molar-refractivity contribution in [3.05, 3.63) is 24.5 Å². The van der Waals surface area contributed by atoms with E-state index in [9.17, 15) is 8.42 Å². The van der Waals surface area contributed by atoms with Crippen molar-refractivity contribution in [2.45, 2.75) is 6.92 Å². The van der Waals surface area contributed by atoms with Crippen LogP contribution in [-0.4, -0.2) is 33.3 Å². The van der Waals surface area contributed by atoms with Crippen LogP contribution in [0.3, 0.4) is 0 Å². The first kappa shape index (κ1) is 11.5. The molecule has 0 saturated carbocycles. The Hall–Kier alpha value is -1.96. The summed E-state index contributed by atoms with van der Waals surface area (Å²) in [6.45, 7) is 1.55. The molecule has 0 spiro atoms. The van der Waals surface area contributed by atoms with Crippen LogP contribution < -0.4 is 5.73 Å². The predicted octanol–water partition coefficient (Wildman–Crippen LogP) is 0.120. The Bertz CT molecular complexity index is 634. The van der Waals surface area contributed by atoms with E-state index in [0.717, 1.165) is 4.09 Å². The van der Waals surface area contributed by atoms with Crippen molar-refractivity contribution in [1.82, 2.24) is 19.2 Å². The number of nitrogens with two attached hydrogens (primary N) is 1. The summed E-state index contributed by atoms with van der Waals surface area (Å²) in [6.07, 6.45) is 2.85. The van der Waals surface area contributed by atoms with Crippen molar-refractivity contribution in [2.75, 3.05) is 11.5 Å². The Balaban J connectivity index is 2.43. The van der Waals surface area contributed by atoms with Gasteiger partial charge in [-0.05, 0) is 19.1 Å². The summed E-state index contributed by atoms with van der Waals surface area (Å²) in [5, 5.41) is 3.91. The minimum Gasteiger partial charge on any atom is -0.384 e. The van der Waals surface area contributed by atoms with E-state index in [4.69, 9.17) is 5.73 Å². The summed E-state index contributed by atoms with van der Waals surface area (Å²) in [4.78, 5) is 7.93. The largest absolute Gasteiger partial charge is 0.384 e. The van der Waals surface area contributed by atoms with Crippen LogP contribution in [0.15, 0.2) is 24.5 Å². The van der Waals surface area contributed by atoms with Gasteiger partial charge < -0.3 is 5.73 Å². The molecule has 2 aromatic heterocycles. The van der Waals surface area contributed by atoms with Crippen LogP contribution in [0.2, 0.25) is 0 Å². The summed E-state index contributed by atoms with van der Waals surface area (Å²) in [5.74, 6) is 0.587. The lowest BCUT2D eigenvalue weighted by Gasteiger charge is -1.99. The zero-order valence-electron chi connectivity index (χ0n) is 9.11. The average molecular weight is 253 g/mol. The molecule has 0 radical (unpaired) electrons. The van der Waals surface area contributed by atoms with Crippen molar-refractivity contribution in [1.29, 1.82) is 0 Å². The highest BCUT2D eigenvalue weighted by molar-refractivity contribution is 7.89. The summed E-state index contributed by atoms with van der Waals surface area (Å²) < 4.78 is 24.0. The molecule has 0 unspecified atom stereocenters. The second kappa shape index (κ2) is 4.13. The summed E-state index contributed by atoms with van der Waals surface area (Å²) in [6, 6.07) is 3.07. The predicted molar refractivity (Wildman–Crippen MR) is 62.5 cm³/mol. The number of rotatable bonds is 3. The quantitative estimate of drug-likeness (QED) is 0.833. The van der Waals surface area contributed by atoms with Crippen LogP contribution in [0.5, 0.6) is 0 Å². The van der Waals surface area contributed by atoms with E-state index in [-0.39, 0.29) is 5.75 Å². The molecule has 0 aliphatic rings. The number of anilines is 1. The molecule has 0 aromatic carbocycles. The second-order valence-corrected chi connectivity index (χ2v) is 5.39. The van der Waals surface area contributed by atoms with Crippen LogP contribution >= 0.6 is 0 Å². The van der Waals surface area contributed by atoms with Crippen LogP contribution in [0.1, 0.15) is 6.92 Å². The molecule has 2 heterocycles. The first-order valence-electron chi connectivity index (χ1n) is 4.91. The van der Waals surface area contributed by atoms with E-state index < -0.39 is 10.0 Å². The molecule has 7 nitrogen and oxygen atoms in total. The third kappa shape index (κ3) is 2.26. The zero-order valence-corrected chi connectivity index (χ0v) is 9.92. The molecule has 0 saturated heterocycles. The fraction of sp³-hybridized carbons (Fsp3) is 0.222. The van der Waals surface area contributed by atoms with Crippen molar-refractivity contribution in [3.63, 3.8) is 0 Å². The third-order valence-corrected chi connectivity index (χ3v) is 3.63. The van der Waals surface area contributed by atoms with Gasteiger partial charge in [0.25, 0.3) is 10.0 Å². The fourth-order valence-electron chi connectivity index (χ4n) is 1.21. The molecule has 17 heavy (non-hydrogen) atoms. The van der Waals surface area contributed by atoms with Crippen LogP contribution in [0.4, 0.5) is 5.82 Å². The van der Waals surface area contributed by atoms with Crippen LogP contribution in [0, 0.1) is 0 Å². The van der Waals surface area contributed by atoms with Gasteiger partial charge in [0, 0.05) is 12.4 Å². The Kier molecular flexibility index (Phi) is 2.80. The van der Waals surface area contributed by atoms with Gasteiger partial charge in [-0.15, -0.1) is 0 Å². The fourth-order valence-corrected chi connectivity index (χ4v) is 1.93. The molecule has 90 valence electrons. The molecule has 0 amide bonds. The molecule has 0 aliphatic heterocycles. The maximum atomic E-state index is 11.5. The monoisotopic (exact) mass is 253 g/mol. The van der Waals surface area contributed by atoms with Gasteiger partial charge in [0.2, 0.25) is 0 Å².